The number of alkyl halides is 3. The number of Topliss-reactive ketones (excluding diaryl/α,β-unsaturated/α-hetero) is 1. The second-order valence-electron chi connectivity index (χ2n) is 4.03. The van der Waals surface area contributed by atoms with Crippen molar-refractivity contribution < 1.29 is 22.7 Å². The third-order valence-corrected chi connectivity index (χ3v) is 2.63. The van der Waals surface area contributed by atoms with Crippen molar-refractivity contribution in [2.75, 3.05) is 6.61 Å². The molecule has 6 heteroatoms. The molecule has 0 saturated heterocycles. The van der Waals surface area contributed by atoms with E-state index in [1.54, 1.807) is 25.1 Å². The summed E-state index contributed by atoms with van der Waals surface area (Å²) >= 11 is 0. The fourth-order valence-corrected chi connectivity index (χ4v) is 1.92. The van der Waals surface area contributed by atoms with Gasteiger partial charge in [-0.25, -0.2) is 0 Å². The van der Waals surface area contributed by atoms with Crippen LogP contribution < -0.4 is 4.74 Å². The Hall–Kier alpha value is -1.98. The van der Waals surface area contributed by atoms with E-state index in [2.05, 4.69) is 4.98 Å². The van der Waals surface area contributed by atoms with Gasteiger partial charge in [-0.1, -0.05) is 6.07 Å². The molecule has 0 saturated carbocycles. The van der Waals surface area contributed by atoms with E-state index in [9.17, 15) is 18.0 Å². The van der Waals surface area contributed by atoms with Gasteiger partial charge in [0.15, 0.2) is 5.78 Å². The Kier molecular flexibility index (Phi) is 3.50. The van der Waals surface area contributed by atoms with Crippen LogP contribution in [0.4, 0.5) is 13.2 Å². The highest BCUT2D eigenvalue weighted by atomic mass is 19.4. The third kappa shape index (κ3) is 2.89. The molecule has 0 aliphatic heterocycles. The van der Waals surface area contributed by atoms with E-state index in [-0.39, 0.29) is 5.56 Å². The molecule has 0 radical (unpaired) electrons. The van der Waals surface area contributed by atoms with E-state index in [0.717, 1.165) is 0 Å². The summed E-state index contributed by atoms with van der Waals surface area (Å²) in [5.74, 6) is -0.558. The van der Waals surface area contributed by atoms with Gasteiger partial charge in [0.2, 0.25) is 0 Å². The van der Waals surface area contributed by atoms with Crippen LogP contribution in [-0.4, -0.2) is 23.6 Å². The van der Waals surface area contributed by atoms with Crippen LogP contribution in [0, 0.1) is 0 Å². The Labute approximate surface area is 107 Å². The molecule has 102 valence electrons. The van der Waals surface area contributed by atoms with Crippen molar-refractivity contribution in [3.05, 3.63) is 30.0 Å². The van der Waals surface area contributed by atoms with Crippen LogP contribution in [0.1, 0.15) is 23.7 Å². The summed E-state index contributed by atoms with van der Waals surface area (Å²) in [6.45, 7) is 2.14. The number of halogens is 3. The molecule has 0 fully saturated rings. The minimum Gasteiger partial charge on any atom is -0.493 e. The Balaban J connectivity index is 2.46. The highest BCUT2D eigenvalue weighted by molar-refractivity contribution is 6.10. The molecule has 2 aromatic rings. The van der Waals surface area contributed by atoms with Crippen LogP contribution in [0.2, 0.25) is 0 Å². The first-order valence-corrected chi connectivity index (χ1v) is 5.75. The molecular formula is C13H12F3NO2. The number of carbonyl (C=O) groups excluding carboxylic acids is 1. The number of benzene rings is 1. The lowest BCUT2D eigenvalue weighted by atomic mass is 10.1. The van der Waals surface area contributed by atoms with Gasteiger partial charge in [0.05, 0.1) is 12.0 Å². The standard InChI is InChI=1S/C13H12F3NO2/c1-2-19-11-5-3-4-9-12(11)8(7-17-9)10(18)6-13(14,15)16/h3-5,7,17H,2,6H2,1H3. The number of aromatic nitrogens is 1. The molecule has 1 N–H and O–H groups in total. The third-order valence-electron chi connectivity index (χ3n) is 2.63. The summed E-state index contributed by atoms with van der Waals surface area (Å²) in [5.41, 5.74) is 0.591. The van der Waals surface area contributed by atoms with Crippen LogP contribution in [0.5, 0.6) is 5.75 Å². The summed E-state index contributed by atoms with van der Waals surface area (Å²) in [6, 6.07) is 5.02. The van der Waals surface area contributed by atoms with Crippen molar-refractivity contribution >= 4 is 16.7 Å². The Bertz CT molecular complexity index is 601. The van der Waals surface area contributed by atoms with Gasteiger partial charge in [0, 0.05) is 17.3 Å². The van der Waals surface area contributed by atoms with E-state index in [1.807, 2.05) is 0 Å². The average molecular weight is 271 g/mol. The van der Waals surface area contributed by atoms with Crippen LogP contribution >= 0.6 is 0 Å². The summed E-state index contributed by atoms with van der Waals surface area (Å²) < 4.78 is 42.2. The zero-order valence-corrected chi connectivity index (χ0v) is 10.2. The van der Waals surface area contributed by atoms with Crippen molar-refractivity contribution in [3.63, 3.8) is 0 Å². The zero-order chi connectivity index (χ0) is 14.0. The van der Waals surface area contributed by atoms with E-state index in [1.165, 1.54) is 6.20 Å². The van der Waals surface area contributed by atoms with Crippen LogP contribution in [0.25, 0.3) is 10.9 Å². The molecule has 3 nitrogen and oxygen atoms in total. The molecule has 19 heavy (non-hydrogen) atoms. The summed E-state index contributed by atoms with van der Waals surface area (Å²) in [5, 5.41) is 0.401. The van der Waals surface area contributed by atoms with Gasteiger partial charge < -0.3 is 9.72 Å². The lowest BCUT2D eigenvalue weighted by molar-refractivity contribution is -0.125. The second-order valence-corrected chi connectivity index (χ2v) is 4.03. The molecule has 1 aromatic heterocycles. The first-order valence-electron chi connectivity index (χ1n) is 5.75. The van der Waals surface area contributed by atoms with Gasteiger partial charge in [0.25, 0.3) is 0 Å². The van der Waals surface area contributed by atoms with Gasteiger partial charge in [-0.15, -0.1) is 0 Å². The lowest BCUT2D eigenvalue weighted by Crippen LogP contribution is -2.14. The second kappa shape index (κ2) is 4.95. The number of hydrogen-bond donors (Lipinski definition) is 1. The van der Waals surface area contributed by atoms with E-state index >= 15 is 0 Å². The maximum Gasteiger partial charge on any atom is 0.396 e. The molecule has 0 spiro atoms. The molecule has 0 aliphatic rings. The highest BCUT2D eigenvalue weighted by Gasteiger charge is 2.32. The molecule has 1 aromatic carbocycles. The number of H-pyrrole nitrogens is 1. The van der Waals surface area contributed by atoms with Gasteiger partial charge >= 0.3 is 6.18 Å². The number of carbonyl (C=O) groups is 1. The van der Waals surface area contributed by atoms with E-state index < -0.39 is 18.4 Å². The maximum absolute atomic E-state index is 12.3. The van der Waals surface area contributed by atoms with E-state index in [0.29, 0.717) is 23.3 Å². The highest BCUT2D eigenvalue weighted by Crippen LogP contribution is 2.31. The zero-order valence-electron chi connectivity index (χ0n) is 10.2. The maximum atomic E-state index is 12.3. The SMILES string of the molecule is CCOc1cccc2[nH]cc(C(=O)CC(F)(F)F)c12. The normalized spacial score (nSPS) is 11.8. The van der Waals surface area contributed by atoms with Gasteiger partial charge in [0.1, 0.15) is 12.2 Å². The largest absolute Gasteiger partial charge is 0.493 e. The van der Waals surface area contributed by atoms with Gasteiger partial charge in [-0.3, -0.25) is 4.79 Å². The van der Waals surface area contributed by atoms with Crippen molar-refractivity contribution in [2.24, 2.45) is 0 Å². The summed E-state index contributed by atoms with van der Waals surface area (Å²) in [7, 11) is 0. The minimum atomic E-state index is -4.51. The van der Waals surface area contributed by atoms with Crippen LogP contribution in [0.15, 0.2) is 24.4 Å². The number of fused-ring (bicyclic) bond motifs is 1. The average Bonchev–Trinajstić information content (AvgIpc) is 2.72. The first-order chi connectivity index (χ1) is 8.92. The molecule has 0 amide bonds. The molecule has 1 heterocycles. The molecule has 0 atom stereocenters. The fourth-order valence-electron chi connectivity index (χ4n) is 1.92. The van der Waals surface area contributed by atoms with Crippen molar-refractivity contribution in [1.82, 2.24) is 4.98 Å². The summed E-state index contributed by atoms with van der Waals surface area (Å²) in [6.07, 6.45) is -4.69. The predicted octanol–water partition coefficient (Wildman–Crippen LogP) is 3.70. The number of hydrogen-bond acceptors (Lipinski definition) is 2. The smallest absolute Gasteiger partial charge is 0.396 e. The fraction of sp³-hybridized carbons (Fsp3) is 0.308. The number of aromatic amines is 1. The number of ketones is 1. The van der Waals surface area contributed by atoms with Crippen LogP contribution in [0.3, 0.4) is 0 Å². The number of ether oxygens (including phenoxy) is 1. The minimum absolute atomic E-state index is 0.0105. The number of rotatable bonds is 4. The van der Waals surface area contributed by atoms with Crippen molar-refractivity contribution in [3.8, 4) is 5.75 Å². The first kappa shape index (κ1) is 13.5. The quantitative estimate of drug-likeness (QED) is 0.861. The molecule has 0 aliphatic carbocycles. The Morgan fingerprint density at radius 1 is 1.37 bits per heavy atom. The van der Waals surface area contributed by atoms with Crippen LogP contribution in [-0.2, 0) is 0 Å². The molecule has 2 rings (SSSR count). The van der Waals surface area contributed by atoms with Crippen molar-refractivity contribution in [2.45, 2.75) is 19.5 Å². The van der Waals surface area contributed by atoms with Crippen molar-refractivity contribution in [1.29, 1.82) is 0 Å². The molecular weight excluding hydrogens is 259 g/mol. The monoisotopic (exact) mass is 271 g/mol. The molecule has 0 unspecified atom stereocenters. The van der Waals surface area contributed by atoms with Gasteiger partial charge in [-0.05, 0) is 19.1 Å². The lowest BCUT2D eigenvalue weighted by Gasteiger charge is -2.07. The topological polar surface area (TPSA) is 42.1 Å². The van der Waals surface area contributed by atoms with E-state index in [4.69, 9.17) is 4.74 Å². The molecule has 0 bridgehead atoms. The Morgan fingerprint density at radius 3 is 2.74 bits per heavy atom. The number of nitrogens with one attached hydrogen (secondary N) is 1. The van der Waals surface area contributed by atoms with Gasteiger partial charge in [-0.2, -0.15) is 13.2 Å². The Morgan fingerprint density at radius 2 is 2.11 bits per heavy atom. The predicted molar refractivity (Wildman–Crippen MR) is 64.5 cm³/mol. The summed E-state index contributed by atoms with van der Waals surface area (Å²) in [4.78, 5) is 14.5.